The molecule has 0 bridgehead atoms. The molecule has 3 rings (SSSR count). The van der Waals surface area contributed by atoms with Crippen LogP contribution in [0.3, 0.4) is 0 Å². The van der Waals surface area contributed by atoms with Gasteiger partial charge in [0.1, 0.15) is 5.82 Å². The highest BCUT2D eigenvalue weighted by atomic mass is 35.5. The largest absolute Gasteiger partial charge is 0.332 e. The smallest absolute Gasteiger partial charge is 0.175 e. The van der Waals surface area contributed by atoms with E-state index in [4.69, 9.17) is 23.8 Å². The molecule has 0 saturated heterocycles. The molecule has 0 fully saturated rings. The standard InChI is InChI=1S/C16H14ClFN2S/c17-14-9-12(18)5-7-15(14)20-16(21)19-13-6-4-10-2-1-3-11(10)8-13/h4-9H,1-3H2,(H2,19,20,21). The average molecular weight is 321 g/mol. The number of nitrogens with one attached hydrogen (secondary N) is 2. The second-order valence-electron chi connectivity index (χ2n) is 5.04. The number of anilines is 2. The molecule has 2 aromatic rings. The third kappa shape index (κ3) is 3.34. The first-order chi connectivity index (χ1) is 10.1. The maximum Gasteiger partial charge on any atom is 0.175 e. The van der Waals surface area contributed by atoms with Crippen LogP contribution in [0.25, 0.3) is 0 Å². The van der Waals surface area contributed by atoms with Crippen LogP contribution in [-0.2, 0) is 12.8 Å². The number of fused-ring (bicyclic) bond motifs is 1. The summed E-state index contributed by atoms with van der Waals surface area (Å²) < 4.78 is 13.0. The maximum atomic E-state index is 13.0. The Labute approximate surface area is 133 Å². The maximum absolute atomic E-state index is 13.0. The fourth-order valence-corrected chi connectivity index (χ4v) is 2.97. The number of hydrogen-bond acceptors (Lipinski definition) is 1. The lowest BCUT2D eigenvalue weighted by molar-refractivity contribution is 0.628. The van der Waals surface area contributed by atoms with Crippen LogP contribution in [0, 0.1) is 5.82 Å². The predicted molar refractivity (Wildman–Crippen MR) is 89.7 cm³/mol. The number of benzene rings is 2. The van der Waals surface area contributed by atoms with E-state index >= 15 is 0 Å². The Kier molecular flexibility index (Phi) is 4.08. The summed E-state index contributed by atoms with van der Waals surface area (Å²) >= 11 is 11.2. The summed E-state index contributed by atoms with van der Waals surface area (Å²) in [5, 5.41) is 6.84. The Balaban J connectivity index is 1.69. The summed E-state index contributed by atoms with van der Waals surface area (Å²) in [6.45, 7) is 0. The van der Waals surface area contributed by atoms with E-state index in [1.165, 1.54) is 29.7 Å². The van der Waals surface area contributed by atoms with Crippen molar-refractivity contribution >= 4 is 40.3 Å². The Morgan fingerprint density at radius 2 is 1.86 bits per heavy atom. The summed E-state index contributed by atoms with van der Waals surface area (Å²) in [4.78, 5) is 0. The summed E-state index contributed by atoms with van der Waals surface area (Å²) in [5.74, 6) is -0.372. The zero-order valence-corrected chi connectivity index (χ0v) is 12.8. The Hall–Kier alpha value is -1.65. The third-order valence-electron chi connectivity index (χ3n) is 3.54. The van der Waals surface area contributed by atoms with Crippen molar-refractivity contribution in [2.24, 2.45) is 0 Å². The van der Waals surface area contributed by atoms with E-state index < -0.39 is 0 Å². The number of halogens is 2. The minimum Gasteiger partial charge on any atom is -0.332 e. The van der Waals surface area contributed by atoms with Crippen LogP contribution in [-0.4, -0.2) is 5.11 Å². The molecule has 0 saturated carbocycles. The van der Waals surface area contributed by atoms with Gasteiger partial charge in [0.2, 0.25) is 0 Å². The molecule has 1 aliphatic rings. The number of hydrogen-bond donors (Lipinski definition) is 2. The van der Waals surface area contributed by atoms with Gasteiger partial charge >= 0.3 is 0 Å². The van der Waals surface area contributed by atoms with Gasteiger partial charge in [-0.05, 0) is 72.9 Å². The molecule has 2 nitrogen and oxygen atoms in total. The lowest BCUT2D eigenvalue weighted by Crippen LogP contribution is -2.19. The van der Waals surface area contributed by atoms with E-state index in [2.05, 4.69) is 22.8 Å². The van der Waals surface area contributed by atoms with Gasteiger partial charge in [-0.1, -0.05) is 17.7 Å². The molecule has 0 amide bonds. The fraction of sp³-hybridized carbons (Fsp3) is 0.188. The Morgan fingerprint density at radius 3 is 2.67 bits per heavy atom. The molecule has 0 aliphatic heterocycles. The minimum atomic E-state index is -0.372. The topological polar surface area (TPSA) is 24.1 Å². The normalized spacial score (nSPS) is 12.9. The van der Waals surface area contributed by atoms with Gasteiger partial charge < -0.3 is 10.6 Å². The lowest BCUT2D eigenvalue weighted by atomic mass is 10.1. The molecular weight excluding hydrogens is 307 g/mol. The van der Waals surface area contributed by atoms with Gasteiger partial charge in [-0.25, -0.2) is 4.39 Å². The lowest BCUT2D eigenvalue weighted by Gasteiger charge is -2.12. The van der Waals surface area contributed by atoms with E-state index in [0.717, 1.165) is 18.5 Å². The first kappa shape index (κ1) is 14.3. The highest BCUT2D eigenvalue weighted by molar-refractivity contribution is 7.80. The molecule has 2 aromatic carbocycles. The Morgan fingerprint density at radius 1 is 1.05 bits per heavy atom. The van der Waals surface area contributed by atoms with Gasteiger partial charge in [-0.3, -0.25) is 0 Å². The van der Waals surface area contributed by atoms with Gasteiger partial charge in [-0.2, -0.15) is 0 Å². The van der Waals surface area contributed by atoms with E-state index in [0.29, 0.717) is 15.8 Å². The summed E-state index contributed by atoms with van der Waals surface area (Å²) in [7, 11) is 0. The van der Waals surface area contributed by atoms with E-state index in [1.807, 2.05) is 6.07 Å². The summed E-state index contributed by atoms with van der Waals surface area (Å²) in [5.41, 5.74) is 4.33. The molecule has 0 radical (unpaired) electrons. The second kappa shape index (κ2) is 6.00. The molecule has 0 aromatic heterocycles. The van der Waals surface area contributed by atoms with Crippen molar-refractivity contribution in [1.29, 1.82) is 0 Å². The van der Waals surface area contributed by atoms with Crippen LogP contribution in [0.2, 0.25) is 5.02 Å². The quantitative estimate of drug-likeness (QED) is 0.779. The van der Waals surface area contributed by atoms with Gasteiger partial charge in [0.15, 0.2) is 5.11 Å². The van der Waals surface area contributed by atoms with Crippen LogP contribution in [0.5, 0.6) is 0 Å². The first-order valence-electron chi connectivity index (χ1n) is 6.77. The van der Waals surface area contributed by atoms with Crippen molar-refractivity contribution in [3.63, 3.8) is 0 Å². The van der Waals surface area contributed by atoms with Crippen LogP contribution >= 0.6 is 23.8 Å². The molecule has 2 N–H and O–H groups in total. The number of aryl methyl sites for hydroxylation is 2. The van der Waals surface area contributed by atoms with Gasteiger partial charge in [0.05, 0.1) is 10.7 Å². The molecule has 0 spiro atoms. The Bertz CT molecular complexity index is 703. The number of thiocarbonyl (C=S) groups is 1. The monoisotopic (exact) mass is 320 g/mol. The average Bonchev–Trinajstić information content (AvgIpc) is 2.89. The third-order valence-corrected chi connectivity index (χ3v) is 4.05. The number of rotatable bonds is 2. The second-order valence-corrected chi connectivity index (χ2v) is 5.86. The molecule has 1 aliphatic carbocycles. The molecule has 0 heterocycles. The molecule has 5 heteroatoms. The molecule has 0 atom stereocenters. The van der Waals surface area contributed by atoms with Crippen LogP contribution in [0.4, 0.5) is 15.8 Å². The van der Waals surface area contributed by atoms with Gasteiger partial charge in [-0.15, -0.1) is 0 Å². The minimum absolute atomic E-state index is 0.299. The van der Waals surface area contributed by atoms with Crippen molar-refractivity contribution < 1.29 is 4.39 Å². The SMILES string of the molecule is Fc1ccc(NC(=S)Nc2ccc3c(c2)CCC3)c(Cl)c1. The molecule has 21 heavy (non-hydrogen) atoms. The zero-order chi connectivity index (χ0) is 14.8. The molecular formula is C16H14ClFN2S. The van der Waals surface area contributed by atoms with E-state index in [9.17, 15) is 4.39 Å². The van der Waals surface area contributed by atoms with Gasteiger partial charge in [0, 0.05) is 5.69 Å². The zero-order valence-electron chi connectivity index (χ0n) is 11.2. The van der Waals surface area contributed by atoms with Crippen molar-refractivity contribution in [3.8, 4) is 0 Å². The summed E-state index contributed by atoms with van der Waals surface area (Å²) in [6, 6.07) is 10.4. The molecule has 0 unspecified atom stereocenters. The van der Waals surface area contributed by atoms with E-state index in [1.54, 1.807) is 6.07 Å². The first-order valence-corrected chi connectivity index (χ1v) is 7.55. The molecule has 108 valence electrons. The van der Waals surface area contributed by atoms with Crippen molar-refractivity contribution in [1.82, 2.24) is 0 Å². The van der Waals surface area contributed by atoms with Crippen LogP contribution < -0.4 is 10.6 Å². The predicted octanol–water partition coefficient (Wildman–Crippen LogP) is 4.78. The highest BCUT2D eigenvalue weighted by Gasteiger charge is 2.11. The van der Waals surface area contributed by atoms with Crippen LogP contribution in [0.15, 0.2) is 36.4 Å². The van der Waals surface area contributed by atoms with Crippen molar-refractivity contribution in [2.45, 2.75) is 19.3 Å². The summed E-state index contributed by atoms with van der Waals surface area (Å²) in [6.07, 6.45) is 3.49. The highest BCUT2D eigenvalue weighted by Crippen LogP contribution is 2.26. The van der Waals surface area contributed by atoms with Crippen molar-refractivity contribution in [3.05, 3.63) is 58.4 Å². The van der Waals surface area contributed by atoms with Crippen LogP contribution in [0.1, 0.15) is 17.5 Å². The van der Waals surface area contributed by atoms with Crippen molar-refractivity contribution in [2.75, 3.05) is 10.6 Å². The van der Waals surface area contributed by atoms with E-state index in [-0.39, 0.29) is 5.82 Å². The van der Waals surface area contributed by atoms with Gasteiger partial charge in [0.25, 0.3) is 0 Å². The fourth-order valence-electron chi connectivity index (χ4n) is 2.53.